The number of carbonyl (C=O) groups is 1. The zero-order valence-electron chi connectivity index (χ0n) is 10.3. The van der Waals surface area contributed by atoms with Gasteiger partial charge in [-0.25, -0.2) is 9.89 Å². The molecule has 2 heterocycles. The maximum Gasteiger partial charge on any atom is 0.363 e. The minimum atomic E-state index is -0.481. The van der Waals surface area contributed by atoms with Gasteiger partial charge in [-0.2, -0.15) is 10.1 Å². The second kappa shape index (κ2) is 5.61. The number of nitrogens with zero attached hydrogens (tertiary/aromatic N) is 3. The standard InChI is InChI=1S/C11H16N4O3/c1-2-18-10(16)8-4-3-5-15(7-8)9-6-12-14-11(17)13-9/h6,8H,2-5,7H2,1H3,(H,13,14,17)/t8-/m1/s1. The lowest BCUT2D eigenvalue weighted by Gasteiger charge is -2.31. The SMILES string of the molecule is CCOC(=O)[C@@H]1CCCN(c2cn[nH]c(=O)n2)C1. The van der Waals surface area contributed by atoms with E-state index in [1.54, 1.807) is 6.92 Å². The van der Waals surface area contributed by atoms with E-state index >= 15 is 0 Å². The highest BCUT2D eigenvalue weighted by molar-refractivity contribution is 5.73. The second-order valence-electron chi connectivity index (χ2n) is 4.18. The molecule has 2 rings (SSSR count). The second-order valence-corrected chi connectivity index (χ2v) is 4.18. The van der Waals surface area contributed by atoms with Crippen LogP contribution in [0.2, 0.25) is 0 Å². The Bertz CT molecular complexity index is 473. The highest BCUT2D eigenvalue weighted by Gasteiger charge is 2.27. The van der Waals surface area contributed by atoms with E-state index in [2.05, 4.69) is 15.2 Å². The Hall–Kier alpha value is -1.92. The van der Waals surface area contributed by atoms with Crippen LogP contribution in [0.25, 0.3) is 0 Å². The summed E-state index contributed by atoms with van der Waals surface area (Å²) in [6.07, 6.45) is 3.18. The lowest BCUT2D eigenvalue weighted by molar-refractivity contribution is -0.148. The van der Waals surface area contributed by atoms with E-state index < -0.39 is 5.69 Å². The number of esters is 1. The Labute approximate surface area is 104 Å². The van der Waals surface area contributed by atoms with Crippen LogP contribution in [-0.4, -0.2) is 40.8 Å². The number of rotatable bonds is 3. The molecular formula is C11H16N4O3. The number of nitrogens with one attached hydrogen (secondary N) is 1. The summed E-state index contributed by atoms with van der Waals surface area (Å²) >= 11 is 0. The molecule has 7 nitrogen and oxygen atoms in total. The van der Waals surface area contributed by atoms with E-state index in [0.29, 0.717) is 19.0 Å². The first-order valence-corrected chi connectivity index (χ1v) is 6.04. The van der Waals surface area contributed by atoms with E-state index in [0.717, 1.165) is 19.4 Å². The first-order chi connectivity index (χ1) is 8.70. The summed E-state index contributed by atoms with van der Waals surface area (Å²) in [6, 6.07) is 0. The third-order valence-corrected chi connectivity index (χ3v) is 2.92. The van der Waals surface area contributed by atoms with E-state index in [4.69, 9.17) is 4.74 Å². The van der Waals surface area contributed by atoms with E-state index in [1.807, 2.05) is 4.90 Å². The van der Waals surface area contributed by atoms with E-state index in [1.165, 1.54) is 6.20 Å². The molecule has 0 aromatic carbocycles. The molecule has 0 saturated carbocycles. The van der Waals surface area contributed by atoms with Crippen LogP contribution in [0.3, 0.4) is 0 Å². The van der Waals surface area contributed by atoms with Gasteiger partial charge in [-0.1, -0.05) is 0 Å². The number of anilines is 1. The Morgan fingerprint density at radius 2 is 2.50 bits per heavy atom. The van der Waals surface area contributed by atoms with Crippen LogP contribution in [0.15, 0.2) is 11.0 Å². The molecule has 0 amide bonds. The van der Waals surface area contributed by atoms with Gasteiger partial charge in [0.25, 0.3) is 0 Å². The van der Waals surface area contributed by atoms with Crippen LogP contribution in [0, 0.1) is 5.92 Å². The zero-order chi connectivity index (χ0) is 13.0. The fourth-order valence-electron chi connectivity index (χ4n) is 2.09. The highest BCUT2D eigenvalue weighted by Crippen LogP contribution is 2.21. The topological polar surface area (TPSA) is 88.2 Å². The first-order valence-electron chi connectivity index (χ1n) is 6.04. The Kier molecular flexibility index (Phi) is 3.91. The molecule has 1 aliphatic rings. The number of hydrogen-bond acceptors (Lipinski definition) is 6. The van der Waals surface area contributed by atoms with Gasteiger partial charge in [0, 0.05) is 13.1 Å². The number of hydrogen-bond donors (Lipinski definition) is 1. The van der Waals surface area contributed by atoms with Crippen molar-refractivity contribution in [2.45, 2.75) is 19.8 Å². The van der Waals surface area contributed by atoms with Crippen LogP contribution in [0.5, 0.6) is 0 Å². The minimum Gasteiger partial charge on any atom is -0.466 e. The molecule has 0 radical (unpaired) electrons. The summed E-state index contributed by atoms with van der Waals surface area (Å²) in [7, 11) is 0. The molecular weight excluding hydrogens is 236 g/mol. The summed E-state index contributed by atoms with van der Waals surface area (Å²) in [5.41, 5.74) is -0.481. The summed E-state index contributed by atoms with van der Waals surface area (Å²) in [4.78, 5) is 28.5. The summed E-state index contributed by atoms with van der Waals surface area (Å²) in [5.74, 6) is 0.174. The monoisotopic (exact) mass is 252 g/mol. The predicted octanol–water partition coefficient (Wildman–Crippen LogP) is -0.0556. The number of carbonyl (C=O) groups excluding carboxylic acids is 1. The summed E-state index contributed by atoms with van der Waals surface area (Å²) in [6.45, 7) is 3.48. The smallest absolute Gasteiger partial charge is 0.363 e. The molecule has 18 heavy (non-hydrogen) atoms. The molecule has 1 fully saturated rings. The Balaban J connectivity index is 2.07. The van der Waals surface area contributed by atoms with Crippen molar-refractivity contribution in [1.82, 2.24) is 15.2 Å². The summed E-state index contributed by atoms with van der Waals surface area (Å²) in [5, 5.41) is 5.94. The quantitative estimate of drug-likeness (QED) is 0.758. The maximum atomic E-state index is 11.7. The largest absolute Gasteiger partial charge is 0.466 e. The van der Waals surface area contributed by atoms with Crippen LogP contribution in [-0.2, 0) is 9.53 Å². The number of H-pyrrole nitrogens is 1. The molecule has 0 bridgehead atoms. The number of aromatic amines is 1. The van der Waals surface area contributed by atoms with Crippen molar-refractivity contribution >= 4 is 11.8 Å². The molecule has 1 aromatic heterocycles. The van der Waals surface area contributed by atoms with Gasteiger partial charge in [0.2, 0.25) is 0 Å². The third-order valence-electron chi connectivity index (χ3n) is 2.92. The van der Waals surface area contributed by atoms with Crippen LogP contribution in [0.4, 0.5) is 5.82 Å². The molecule has 0 spiro atoms. The van der Waals surface area contributed by atoms with Crippen molar-refractivity contribution in [1.29, 1.82) is 0 Å². The third kappa shape index (κ3) is 2.85. The predicted molar refractivity (Wildman–Crippen MR) is 64.2 cm³/mol. The van der Waals surface area contributed by atoms with Gasteiger partial charge < -0.3 is 9.64 Å². The van der Waals surface area contributed by atoms with Gasteiger partial charge in [0.15, 0.2) is 5.82 Å². The molecule has 7 heteroatoms. The van der Waals surface area contributed by atoms with Crippen molar-refractivity contribution in [2.24, 2.45) is 5.92 Å². The normalized spacial score (nSPS) is 19.6. The molecule has 1 N–H and O–H groups in total. The van der Waals surface area contributed by atoms with Gasteiger partial charge in [-0.05, 0) is 19.8 Å². The van der Waals surface area contributed by atoms with Crippen molar-refractivity contribution < 1.29 is 9.53 Å². The van der Waals surface area contributed by atoms with Gasteiger partial charge in [-0.15, -0.1) is 0 Å². The van der Waals surface area contributed by atoms with Crippen LogP contribution >= 0.6 is 0 Å². The van der Waals surface area contributed by atoms with Crippen molar-refractivity contribution in [3.05, 3.63) is 16.7 Å². The molecule has 1 saturated heterocycles. The molecule has 1 atom stereocenters. The molecule has 0 unspecified atom stereocenters. The van der Waals surface area contributed by atoms with E-state index in [-0.39, 0.29) is 11.9 Å². The van der Waals surface area contributed by atoms with E-state index in [9.17, 15) is 9.59 Å². The van der Waals surface area contributed by atoms with Crippen LogP contribution in [0.1, 0.15) is 19.8 Å². The Morgan fingerprint density at radius 1 is 1.67 bits per heavy atom. The van der Waals surface area contributed by atoms with Gasteiger partial charge in [-0.3, -0.25) is 4.79 Å². The van der Waals surface area contributed by atoms with Gasteiger partial charge in [0.1, 0.15) is 0 Å². The molecule has 1 aromatic rings. The average molecular weight is 252 g/mol. The van der Waals surface area contributed by atoms with Crippen molar-refractivity contribution in [3.8, 4) is 0 Å². The lowest BCUT2D eigenvalue weighted by Crippen LogP contribution is -2.40. The fourth-order valence-corrected chi connectivity index (χ4v) is 2.09. The maximum absolute atomic E-state index is 11.7. The first kappa shape index (κ1) is 12.5. The summed E-state index contributed by atoms with van der Waals surface area (Å²) < 4.78 is 5.02. The average Bonchev–Trinajstić information content (AvgIpc) is 2.39. The van der Waals surface area contributed by atoms with Gasteiger partial charge >= 0.3 is 11.7 Å². The van der Waals surface area contributed by atoms with Gasteiger partial charge in [0.05, 0.1) is 18.7 Å². The minimum absolute atomic E-state index is 0.153. The fraction of sp³-hybridized carbons (Fsp3) is 0.636. The Morgan fingerprint density at radius 3 is 3.22 bits per heavy atom. The molecule has 0 aliphatic carbocycles. The highest BCUT2D eigenvalue weighted by atomic mass is 16.5. The lowest BCUT2D eigenvalue weighted by atomic mass is 9.98. The molecule has 98 valence electrons. The number of ether oxygens (including phenoxy) is 1. The number of piperidine rings is 1. The molecule has 1 aliphatic heterocycles. The van der Waals surface area contributed by atoms with Crippen molar-refractivity contribution in [2.75, 3.05) is 24.6 Å². The number of aromatic nitrogens is 3. The van der Waals surface area contributed by atoms with Crippen LogP contribution < -0.4 is 10.6 Å². The zero-order valence-corrected chi connectivity index (χ0v) is 10.3. The van der Waals surface area contributed by atoms with Crippen molar-refractivity contribution in [3.63, 3.8) is 0 Å².